The molecule has 1 unspecified atom stereocenters. The Morgan fingerprint density at radius 3 is 2.90 bits per heavy atom. The van der Waals surface area contributed by atoms with E-state index in [1.807, 2.05) is 0 Å². The predicted molar refractivity (Wildman–Crippen MR) is 73.4 cm³/mol. The van der Waals surface area contributed by atoms with Crippen LogP contribution in [0.1, 0.15) is 6.42 Å². The summed E-state index contributed by atoms with van der Waals surface area (Å²) in [6.45, 7) is 0.832. The molecule has 6 nitrogen and oxygen atoms in total. The zero-order valence-electron chi connectivity index (χ0n) is 10.7. The van der Waals surface area contributed by atoms with Crippen LogP contribution in [0, 0.1) is 11.7 Å². The molecule has 2 aromatic rings. The van der Waals surface area contributed by atoms with Gasteiger partial charge >= 0.3 is 0 Å². The number of nitrogen functional groups attached to an aromatic ring is 1. The van der Waals surface area contributed by atoms with E-state index in [4.69, 9.17) is 11.5 Å². The van der Waals surface area contributed by atoms with Gasteiger partial charge in [-0.3, -0.25) is 9.69 Å². The smallest absolute Gasteiger partial charge is 0.228 e. The highest BCUT2D eigenvalue weighted by Crippen LogP contribution is 2.31. The van der Waals surface area contributed by atoms with Crippen LogP contribution in [0.4, 0.5) is 16.2 Å². The van der Waals surface area contributed by atoms with E-state index in [0.717, 1.165) is 0 Å². The van der Waals surface area contributed by atoms with Gasteiger partial charge < -0.3 is 11.5 Å². The van der Waals surface area contributed by atoms with Gasteiger partial charge in [0.05, 0.1) is 10.9 Å². The first-order valence-electron chi connectivity index (χ1n) is 6.32. The first-order valence-corrected chi connectivity index (χ1v) is 6.32. The Balaban J connectivity index is 2.18. The summed E-state index contributed by atoms with van der Waals surface area (Å²) < 4.78 is 14.1. The number of nitrogens with two attached hydrogens (primary N) is 2. The largest absolute Gasteiger partial charge is 0.368 e. The van der Waals surface area contributed by atoms with Crippen molar-refractivity contribution in [2.24, 2.45) is 11.7 Å². The van der Waals surface area contributed by atoms with Crippen LogP contribution in [0.2, 0.25) is 0 Å². The van der Waals surface area contributed by atoms with E-state index >= 15 is 0 Å². The van der Waals surface area contributed by atoms with E-state index in [0.29, 0.717) is 25.0 Å². The first kappa shape index (κ1) is 12.7. The third-order valence-corrected chi connectivity index (χ3v) is 3.46. The average molecular weight is 275 g/mol. The summed E-state index contributed by atoms with van der Waals surface area (Å²) in [5.41, 5.74) is 11.6. The molecule has 1 aliphatic rings. The summed E-state index contributed by atoms with van der Waals surface area (Å²) in [5.74, 6) is -0.293. The SMILES string of the molecule is NCC1CC(=O)N(c2nc(N)nc3cccc(F)c23)C1. The maximum Gasteiger partial charge on any atom is 0.228 e. The molecular formula is C13H14FN5O. The van der Waals surface area contributed by atoms with Gasteiger partial charge in [-0.1, -0.05) is 6.07 Å². The molecule has 1 aliphatic heterocycles. The molecule has 1 fully saturated rings. The van der Waals surface area contributed by atoms with Crippen molar-refractivity contribution in [1.29, 1.82) is 0 Å². The van der Waals surface area contributed by atoms with E-state index in [9.17, 15) is 9.18 Å². The van der Waals surface area contributed by atoms with Crippen molar-refractivity contribution in [3.63, 3.8) is 0 Å². The van der Waals surface area contributed by atoms with Crippen molar-refractivity contribution in [2.45, 2.75) is 6.42 Å². The molecule has 1 saturated heterocycles. The number of amides is 1. The molecule has 0 aliphatic carbocycles. The Kier molecular flexibility index (Phi) is 2.98. The van der Waals surface area contributed by atoms with Gasteiger partial charge in [-0.25, -0.2) is 9.37 Å². The highest BCUT2D eigenvalue weighted by atomic mass is 19.1. The Hall–Kier alpha value is -2.28. The van der Waals surface area contributed by atoms with Crippen molar-refractivity contribution < 1.29 is 9.18 Å². The second-order valence-electron chi connectivity index (χ2n) is 4.85. The lowest BCUT2D eigenvalue weighted by Gasteiger charge is -2.18. The molecule has 104 valence electrons. The van der Waals surface area contributed by atoms with Gasteiger partial charge in [-0.05, 0) is 24.6 Å². The quantitative estimate of drug-likeness (QED) is 0.839. The minimum absolute atomic E-state index is 0.0158. The van der Waals surface area contributed by atoms with E-state index in [-0.39, 0.29) is 29.0 Å². The van der Waals surface area contributed by atoms with Crippen LogP contribution in [-0.2, 0) is 4.79 Å². The zero-order chi connectivity index (χ0) is 14.3. The van der Waals surface area contributed by atoms with Crippen LogP contribution in [0.3, 0.4) is 0 Å². The van der Waals surface area contributed by atoms with Crippen molar-refractivity contribution in [3.8, 4) is 0 Å². The maximum absolute atomic E-state index is 14.1. The summed E-state index contributed by atoms with van der Waals surface area (Å²) in [6, 6.07) is 4.50. The molecule has 3 rings (SSSR count). The van der Waals surface area contributed by atoms with Crippen LogP contribution in [-0.4, -0.2) is 29.0 Å². The highest BCUT2D eigenvalue weighted by molar-refractivity contribution is 6.03. The topological polar surface area (TPSA) is 98.1 Å². The molecule has 1 atom stereocenters. The Bertz CT molecular complexity index is 690. The lowest BCUT2D eigenvalue weighted by atomic mass is 10.1. The molecule has 0 saturated carbocycles. The highest BCUT2D eigenvalue weighted by Gasteiger charge is 2.32. The fourth-order valence-electron chi connectivity index (χ4n) is 2.48. The van der Waals surface area contributed by atoms with Crippen molar-refractivity contribution in [1.82, 2.24) is 9.97 Å². The van der Waals surface area contributed by atoms with Crippen LogP contribution in [0.5, 0.6) is 0 Å². The fourth-order valence-corrected chi connectivity index (χ4v) is 2.48. The van der Waals surface area contributed by atoms with Crippen molar-refractivity contribution >= 4 is 28.6 Å². The maximum atomic E-state index is 14.1. The Labute approximate surface area is 114 Å². The molecule has 20 heavy (non-hydrogen) atoms. The van der Waals surface area contributed by atoms with E-state index in [1.165, 1.54) is 11.0 Å². The van der Waals surface area contributed by atoms with Crippen LogP contribution in [0.15, 0.2) is 18.2 Å². The number of hydrogen-bond donors (Lipinski definition) is 2. The number of fused-ring (bicyclic) bond motifs is 1. The summed E-state index contributed by atoms with van der Waals surface area (Å²) in [7, 11) is 0. The number of benzene rings is 1. The molecule has 1 aromatic heterocycles. The zero-order valence-corrected chi connectivity index (χ0v) is 10.7. The van der Waals surface area contributed by atoms with Crippen molar-refractivity contribution in [3.05, 3.63) is 24.0 Å². The number of nitrogens with zero attached hydrogens (tertiary/aromatic N) is 3. The van der Waals surface area contributed by atoms with E-state index < -0.39 is 5.82 Å². The molecular weight excluding hydrogens is 261 g/mol. The minimum Gasteiger partial charge on any atom is -0.368 e. The number of aromatic nitrogens is 2. The number of hydrogen-bond acceptors (Lipinski definition) is 5. The molecule has 1 amide bonds. The lowest BCUT2D eigenvalue weighted by molar-refractivity contribution is -0.117. The number of carbonyl (C=O) groups is 1. The number of carbonyl (C=O) groups excluding carboxylic acids is 1. The summed E-state index contributed by atoms with van der Waals surface area (Å²) in [5, 5.41) is 0.215. The monoisotopic (exact) mass is 275 g/mol. The van der Waals surface area contributed by atoms with E-state index in [2.05, 4.69) is 9.97 Å². The van der Waals surface area contributed by atoms with Gasteiger partial charge in [0, 0.05) is 13.0 Å². The summed E-state index contributed by atoms with van der Waals surface area (Å²) in [6.07, 6.45) is 0.344. The average Bonchev–Trinajstić information content (AvgIpc) is 2.79. The van der Waals surface area contributed by atoms with Gasteiger partial charge in [-0.15, -0.1) is 0 Å². The first-order chi connectivity index (χ1) is 9.60. The molecule has 0 spiro atoms. The molecule has 7 heteroatoms. The normalized spacial score (nSPS) is 19.0. The minimum atomic E-state index is -0.471. The standard InChI is InChI=1S/C13H14FN5O/c14-8-2-1-3-9-11(8)12(18-13(16)17-9)19-6-7(5-15)4-10(19)20/h1-3,7H,4-6,15H2,(H2,16,17,18). The third kappa shape index (κ3) is 1.96. The molecule has 0 radical (unpaired) electrons. The van der Waals surface area contributed by atoms with Gasteiger partial charge in [0.25, 0.3) is 0 Å². The molecule has 2 heterocycles. The second-order valence-corrected chi connectivity index (χ2v) is 4.85. The second kappa shape index (κ2) is 4.68. The molecule has 0 bridgehead atoms. The Morgan fingerprint density at radius 2 is 2.20 bits per heavy atom. The van der Waals surface area contributed by atoms with Crippen LogP contribution >= 0.6 is 0 Å². The number of anilines is 2. The Morgan fingerprint density at radius 1 is 1.40 bits per heavy atom. The third-order valence-electron chi connectivity index (χ3n) is 3.46. The van der Waals surface area contributed by atoms with Gasteiger partial charge in [0.1, 0.15) is 5.82 Å². The van der Waals surface area contributed by atoms with Gasteiger partial charge in [0.15, 0.2) is 5.82 Å². The van der Waals surface area contributed by atoms with Gasteiger partial charge in [-0.2, -0.15) is 4.98 Å². The predicted octanol–water partition coefficient (Wildman–Crippen LogP) is 0.663. The molecule has 1 aromatic carbocycles. The number of halogens is 1. The lowest BCUT2D eigenvalue weighted by Crippen LogP contribution is -2.27. The van der Waals surface area contributed by atoms with Crippen LogP contribution in [0.25, 0.3) is 10.9 Å². The van der Waals surface area contributed by atoms with E-state index in [1.54, 1.807) is 12.1 Å². The summed E-state index contributed by atoms with van der Waals surface area (Å²) in [4.78, 5) is 21.6. The van der Waals surface area contributed by atoms with Crippen molar-refractivity contribution in [2.75, 3.05) is 23.7 Å². The molecule has 4 N–H and O–H groups in total. The fraction of sp³-hybridized carbons (Fsp3) is 0.308. The van der Waals surface area contributed by atoms with Crippen LogP contribution < -0.4 is 16.4 Å². The summed E-state index contributed by atoms with van der Waals surface area (Å²) >= 11 is 0. The number of rotatable bonds is 2. The van der Waals surface area contributed by atoms with Gasteiger partial charge in [0.2, 0.25) is 11.9 Å².